The van der Waals surface area contributed by atoms with E-state index in [4.69, 9.17) is 23.4 Å². The van der Waals surface area contributed by atoms with Crippen LogP contribution in [0, 0.1) is 18.5 Å². The number of benzene rings is 10. The maximum Gasteiger partial charge on any atom is 0.268 e. The van der Waals surface area contributed by atoms with Crippen molar-refractivity contribution in [2.45, 2.75) is 11.3 Å². The van der Waals surface area contributed by atoms with Crippen molar-refractivity contribution < 1.29 is 44.1 Å². The van der Waals surface area contributed by atoms with Gasteiger partial charge in [-0.05, 0) is 90.5 Å². The Bertz CT molecular complexity index is 4700. The van der Waals surface area contributed by atoms with Crippen LogP contribution in [0.1, 0.15) is 58.6 Å². The molecule has 0 spiro atoms. The van der Waals surface area contributed by atoms with Gasteiger partial charge in [0.05, 0.1) is 35.8 Å². The quantitative estimate of drug-likeness (QED) is 0.112. The largest absolute Gasteiger partial charge is 0.510 e. The van der Waals surface area contributed by atoms with Gasteiger partial charge in [0.15, 0.2) is 0 Å². The Hall–Kier alpha value is -8.89. The molecule has 2 bridgehead atoms. The van der Waals surface area contributed by atoms with Gasteiger partial charge < -0.3 is 13.9 Å². The summed E-state index contributed by atoms with van der Waals surface area (Å²) in [4.78, 5) is 5.12. The molecule has 0 aliphatic heterocycles. The summed E-state index contributed by atoms with van der Waals surface area (Å²) in [5.41, 5.74) is 11.7. The summed E-state index contributed by atoms with van der Waals surface area (Å²) >= 11 is 0. The van der Waals surface area contributed by atoms with Crippen molar-refractivity contribution in [3.8, 4) is 50.9 Å². The summed E-state index contributed by atoms with van der Waals surface area (Å²) in [5, 5.41) is 1.98. The predicted octanol–water partition coefficient (Wildman–Crippen LogP) is 15.1. The van der Waals surface area contributed by atoms with Crippen LogP contribution >= 0.6 is 0 Å². The van der Waals surface area contributed by atoms with Crippen molar-refractivity contribution in [3.05, 3.63) is 306 Å². The fourth-order valence-corrected chi connectivity index (χ4v) is 11.7. The van der Waals surface area contributed by atoms with Crippen LogP contribution in [0.3, 0.4) is 0 Å². The zero-order valence-electron chi connectivity index (χ0n) is 49.0. The molecular formula is C68H42N4OPt-2. The molecule has 0 atom stereocenters. The van der Waals surface area contributed by atoms with Crippen molar-refractivity contribution in [1.82, 2.24) is 14.1 Å². The Morgan fingerprint density at radius 3 is 1.80 bits per heavy atom. The van der Waals surface area contributed by atoms with Gasteiger partial charge in [0.25, 0.3) is 6.33 Å². The molecule has 3 aliphatic carbocycles. The number of imidazole rings is 1. The van der Waals surface area contributed by atoms with Crippen LogP contribution in [0.5, 0.6) is 11.5 Å². The van der Waals surface area contributed by atoms with E-state index < -0.39 is 65.8 Å². The summed E-state index contributed by atoms with van der Waals surface area (Å²) in [6.45, 7) is 0. The summed E-state index contributed by atoms with van der Waals surface area (Å²) in [6, 6.07) is 62.4. The van der Waals surface area contributed by atoms with Crippen LogP contribution in [0.2, 0.25) is 0 Å². The number of hydrogen-bond acceptors (Lipinski definition) is 2. The van der Waals surface area contributed by atoms with Crippen LogP contribution in [-0.4, -0.2) is 14.1 Å². The van der Waals surface area contributed by atoms with Gasteiger partial charge in [-0.3, -0.25) is 4.57 Å². The van der Waals surface area contributed by atoms with Gasteiger partial charge in [0.1, 0.15) is 5.82 Å². The summed E-state index contributed by atoms with van der Waals surface area (Å²) in [7, 11) is 0. The molecule has 0 amide bonds. The van der Waals surface area contributed by atoms with E-state index in [0.29, 0.717) is 28.2 Å². The molecule has 0 N–H and O–H groups in total. The smallest absolute Gasteiger partial charge is 0.268 e. The summed E-state index contributed by atoms with van der Waals surface area (Å²) in [5.74, 6) is 1.61. The average Bonchev–Trinajstić information content (AvgIpc) is 0.891. The Morgan fingerprint density at radius 1 is 0.541 bits per heavy atom. The molecule has 6 heteroatoms. The molecule has 3 aromatic heterocycles. The minimum atomic E-state index is -0.615. The molecule has 74 heavy (non-hydrogen) atoms. The normalized spacial score (nSPS) is 17.0. The van der Waals surface area contributed by atoms with E-state index in [1.807, 2.05) is 66.9 Å². The first-order valence-electron chi connectivity index (χ1n) is 29.0. The second kappa shape index (κ2) is 17.4. The first-order chi connectivity index (χ1) is 40.4. The minimum absolute atomic E-state index is 0. The zero-order chi connectivity index (χ0) is 56.7. The number of para-hydroxylation sites is 4. The molecular weight excluding hydrogens is 1080 g/mol. The molecule has 352 valence electrons. The molecule has 0 radical (unpaired) electrons. The van der Waals surface area contributed by atoms with E-state index >= 15 is 0 Å². The number of ether oxygens (including phenoxy) is 1. The Kier molecular flexibility index (Phi) is 8.11. The summed E-state index contributed by atoms with van der Waals surface area (Å²) in [6.07, 6.45) is 5.34. The van der Waals surface area contributed by atoms with Crippen molar-refractivity contribution in [1.29, 1.82) is 0 Å². The number of aromatic nitrogens is 4. The summed E-state index contributed by atoms with van der Waals surface area (Å²) < 4.78 is 99.8. The average molecular weight is 1140 g/mol. The van der Waals surface area contributed by atoms with Crippen LogP contribution in [0.15, 0.2) is 249 Å². The van der Waals surface area contributed by atoms with Crippen molar-refractivity contribution >= 4 is 32.8 Å². The third-order valence-corrected chi connectivity index (χ3v) is 14.6. The standard InChI is InChI=1S/C68H42N4O.Pt/c1-3-19-45(20-4-1)51-29-18-30-52(46-21-5-2-6-22-46)67(51)71-44-70(62-35-15-16-36-63(62)71)48-23-17-24-49(42-48)73-50-37-38-54-53-25-10-14-34-61(53)72(64(54)43-50)65-41-47(39-40-69-65)68-58-31-11-7-26-55(58)66(56-27-8-12-32-59(56)68)57-28-9-13-33-60(57)68;/h1-41,66H;/q-2;/i1D,2D,3D,4D,5D,6D,19D,20D,21D,22D;. The second-order valence-corrected chi connectivity index (χ2v) is 18.2. The van der Waals surface area contributed by atoms with Crippen LogP contribution in [0.25, 0.3) is 72.3 Å². The third kappa shape index (κ3) is 6.53. The van der Waals surface area contributed by atoms with E-state index in [0.717, 1.165) is 33.2 Å². The van der Waals surface area contributed by atoms with E-state index in [1.165, 1.54) is 33.4 Å². The predicted molar refractivity (Wildman–Crippen MR) is 290 cm³/mol. The number of fused-ring (bicyclic) bond motifs is 4. The maximum absolute atomic E-state index is 9.08. The first-order valence-corrected chi connectivity index (χ1v) is 24.0. The number of rotatable bonds is 8. The van der Waals surface area contributed by atoms with Gasteiger partial charge >= 0.3 is 0 Å². The molecule has 0 fully saturated rings. The molecule has 13 aromatic rings. The molecule has 5 nitrogen and oxygen atoms in total. The number of hydrogen-bond donors (Lipinski definition) is 0. The molecule has 0 unspecified atom stereocenters. The van der Waals surface area contributed by atoms with Crippen molar-refractivity contribution in [2.75, 3.05) is 0 Å². The van der Waals surface area contributed by atoms with Gasteiger partial charge in [-0.1, -0.05) is 199 Å². The Balaban J connectivity index is 0.00000627. The molecule has 3 heterocycles. The Labute approximate surface area is 457 Å². The topological polar surface area (TPSA) is 35.9 Å². The van der Waals surface area contributed by atoms with Gasteiger partial charge in [0.2, 0.25) is 0 Å². The second-order valence-electron chi connectivity index (χ2n) is 18.2. The zero-order valence-corrected chi connectivity index (χ0v) is 41.3. The monoisotopic (exact) mass is 1140 g/mol. The molecule has 0 saturated carbocycles. The number of pyridine rings is 1. The van der Waals surface area contributed by atoms with Crippen molar-refractivity contribution in [2.24, 2.45) is 0 Å². The molecule has 0 saturated heterocycles. The third-order valence-electron chi connectivity index (χ3n) is 14.6. The first kappa shape index (κ1) is 34.5. The van der Waals surface area contributed by atoms with Crippen LogP contribution < -0.4 is 9.30 Å². The molecule has 16 rings (SSSR count). The van der Waals surface area contributed by atoms with E-state index in [-0.39, 0.29) is 54.9 Å². The van der Waals surface area contributed by atoms with Gasteiger partial charge in [-0.15, -0.1) is 29.7 Å². The fraction of sp³-hybridized carbons (Fsp3) is 0.0294. The fourth-order valence-electron chi connectivity index (χ4n) is 11.7. The van der Waals surface area contributed by atoms with Gasteiger partial charge in [-0.2, -0.15) is 18.2 Å². The van der Waals surface area contributed by atoms with Crippen LogP contribution in [-0.2, 0) is 26.5 Å². The number of nitrogens with zero attached hydrogens (tertiary/aromatic N) is 4. The van der Waals surface area contributed by atoms with E-state index in [9.17, 15) is 0 Å². The van der Waals surface area contributed by atoms with E-state index in [1.54, 1.807) is 33.4 Å². The SMILES string of the molecule is [2H]c1c([2H])c([2H])c(-c2cccc(-c3c([2H])c([2H])c([2H])c([2H])c3[2H])c2-[n+]2[c-]n(-c3[c-]c(Oc4[c-]c5c(cc4)c4ccccc4n5-c4cc(C56c7ccccc7C(c7ccccc75)c5ccccc56)ccn4)ccc3)c3ccccc32)c([2H])c1[2H].[Pt]. The van der Waals surface area contributed by atoms with E-state index in [2.05, 4.69) is 120 Å². The van der Waals surface area contributed by atoms with Gasteiger partial charge in [-0.25, -0.2) is 4.98 Å². The maximum atomic E-state index is 9.08. The molecule has 3 aliphatic rings. The van der Waals surface area contributed by atoms with Gasteiger partial charge in [0, 0.05) is 50.2 Å². The van der Waals surface area contributed by atoms with Crippen molar-refractivity contribution in [3.63, 3.8) is 0 Å². The minimum Gasteiger partial charge on any atom is -0.510 e. The van der Waals surface area contributed by atoms with Crippen LogP contribution in [0.4, 0.5) is 0 Å². The molecule has 10 aromatic carbocycles. The Morgan fingerprint density at radius 2 is 1.12 bits per heavy atom.